The number of imidazole rings is 1. The molecular formula is C14H11N3O2. The Kier molecular flexibility index (Phi) is 2.45. The number of aromatic carboxylic acids is 1. The lowest BCUT2D eigenvalue weighted by molar-refractivity contribution is 0.0697. The highest BCUT2D eigenvalue weighted by Gasteiger charge is 2.07. The molecule has 0 atom stereocenters. The highest BCUT2D eigenvalue weighted by molar-refractivity contribution is 5.88. The van der Waals surface area contributed by atoms with E-state index in [1.54, 1.807) is 30.3 Å². The molecule has 1 heterocycles. The molecule has 0 amide bonds. The summed E-state index contributed by atoms with van der Waals surface area (Å²) in [6, 6.07) is 12.0. The lowest BCUT2D eigenvalue weighted by atomic mass is 10.1. The first-order valence-corrected chi connectivity index (χ1v) is 5.72. The first kappa shape index (κ1) is 11.3. The van der Waals surface area contributed by atoms with Crippen LogP contribution in [0.5, 0.6) is 0 Å². The Balaban J connectivity index is 2.06. The van der Waals surface area contributed by atoms with E-state index in [2.05, 4.69) is 9.97 Å². The molecule has 0 aliphatic heterocycles. The Labute approximate surface area is 108 Å². The Morgan fingerprint density at radius 1 is 1.16 bits per heavy atom. The van der Waals surface area contributed by atoms with Gasteiger partial charge in [-0.3, -0.25) is 0 Å². The van der Waals surface area contributed by atoms with Crippen LogP contribution in [-0.4, -0.2) is 21.0 Å². The number of benzene rings is 2. The minimum absolute atomic E-state index is 0.254. The van der Waals surface area contributed by atoms with Gasteiger partial charge in [0.15, 0.2) is 0 Å². The fourth-order valence-electron chi connectivity index (χ4n) is 1.93. The molecule has 2 aromatic carbocycles. The van der Waals surface area contributed by atoms with E-state index >= 15 is 0 Å². The number of carboxylic acids is 1. The summed E-state index contributed by atoms with van der Waals surface area (Å²) in [6.45, 7) is 0. The molecule has 0 bridgehead atoms. The highest BCUT2D eigenvalue weighted by Crippen LogP contribution is 2.22. The smallest absolute Gasteiger partial charge is 0.335 e. The minimum atomic E-state index is -0.941. The van der Waals surface area contributed by atoms with Crippen LogP contribution in [0.4, 0.5) is 5.69 Å². The topological polar surface area (TPSA) is 92.0 Å². The van der Waals surface area contributed by atoms with Crippen molar-refractivity contribution in [1.29, 1.82) is 0 Å². The van der Waals surface area contributed by atoms with E-state index < -0.39 is 5.97 Å². The van der Waals surface area contributed by atoms with Gasteiger partial charge in [0.05, 0.1) is 16.6 Å². The van der Waals surface area contributed by atoms with Crippen molar-refractivity contribution in [1.82, 2.24) is 9.97 Å². The molecule has 5 heteroatoms. The van der Waals surface area contributed by atoms with Gasteiger partial charge in [0.2, 0.25) is 0 Å². The zero-order chi connectivity index (χ0) is 13.4. The van der Waals surface area contributed by atoms with Gasteiger partial charge in [0.25, 0.3) is 0 Å². The molecule has 3 rings (SSSR count). The van der Waals surface area contributed by atoms with Crippen molar-refractivity contribution < 1.29 is 9.90 Å². The Bertz CT molecular complexity index is 760. The predicted octanol–water partition coefficient (Wildman–Crippen LogP) is 2.51. The van der Waals surface area contributed by atoms with Crippen LogP contribution < -0.4 is 5.73 Å². The van der Waals surface area contributed by atoms with E-state index in [1.165, 1.54) is 0 Å². The van der Waals surface area contributed by atoms with E-state index in [-0.39, 0.29) is 5.56 Å². The summed E-state index contributed by atoms with van der Waals surface area (Å²) >= 11 is 0. The van der Waals surface area contributed by atoms with Crippen molar-refractivity contribution in [3.63, 3.8) is 0 Å². The fraction of sp³-hybridized carbons (Fsp3) is 0. The maximum Gasteiger partial charge on any atom is 0.335 e. The second-order valence-electron chi connectivity index (χ2n) is 4.24. The van der Waals surface area contributed by atoms with Gasteiger partial charge in [-0.1, -0.05) is 12.1 Å². The van der Waals surface area contributed by atoms with Gasteiger partial charge in [-0.15, -0.1) is 0 Å². The monoisotopic (exact) mass is 253 g/mol. The second kappa shape index (κ2) is 4.13. The first-order chi connectivity index (χ1) is 9.13. The quantitative estimate of drug-likeness (QED) is 0.612. The Hall–Kier alpha value is -2.82. The molecule has 0 saturated carbocycles. The standard InChI is InChI=1S/C14H11N3O2/c15-10-5-6-11-12(7-10)17-13(16-11)8-1-3-9(4-2-8)14(18)19/h1-7H,15H2,(H,16,17)(H,18,19). The number of carbonyl (C=O) groups is 1. The van der Waals surface area contributed by atoms with Gasteiger partial charge in [0, 0.05) is 11.3 Å². The van der Waals surface area contributed by atoms with E-state index in [0.717, 1.165) is 16.6 Å². The molecule has 94 valence electrons. The van der Waals surface area contributed by atoms with Crippen LogP contribution in [0.2, 0.25) is 0 Å². The number of anilines is 1. The van der Waals surface area contributed by atoms with Crippen molar-refractivity contribution in [3.05, 3.63) is 48.0 Å². The van der Waals surface area contributed by atoms with E-state index in [9.17, 15) is 4.79 Å². The SMILES string of the molecule is Nc1ccc2nc(-c3ccc(C(=O)O)cc3)[nH]c2c1. The summed E-state index contributed by atoms with van der Waals surface area (Å²) in [5, 5.41) is 8.85. The van der Waals surface area contributed by atoms with Crippen LogP contribution in [0.3, 0.4) is 0 Å². The molecular weight excluding hydrogens is 242 g/mol. The summed E-state index contributed by atoms with van der Waals surface area (Å²) in [4.78, 5) is 18.4. The number of aromatic nitrogens is 2. The average molecular weight is 253 g/mol. The number of carboxylic acid groups (broad SMARTS) is 1. The predicted molar refractivity (Wildman–Crippen MR) is 72.9 cm³/mol. The van der Waals surface area contributed by atoms with Gasteiger partial charge in [-0.2, -0.15) is 0 Å². The van der Waals surface area contributed by atoms with Gasteiger partial charge in [0.1, 0.15) is 5.82 Å². The van der Waals surface area contributed by atoms with Gasteiger partial charge in [-0.05, 0) is 30.3 Å². The molecule has 0 radical (unpaired) electrons. The number of hydrogen-bond donors (Lipinski definition) is 3. The molecule has 0 saturated heterocycles. The zero-order valence-corrected chi connectivity index (χ0v) is 9.92. The first-order valence-electron chi connectivity index (χ1n) is 5.72. The van der Waals surface area contributed by atoms with Crippen LogP contribution in [0, 0.1) is 0 Å². The molecule has 0 spiro atoms. The van der Waals surface area contributed by atoms with Crippen LogP contribution in [-0.2, 0) is 0 Å². The third-order valence-electron chi connectivity index (χ3n) is 2.91. The Morgan fingerprint density at radius 3 is 2.58 bits per heavy atom. The third-order valence-corrected chi connectivity index (χ3v) is 2.91. The lowest BCUT2D eigenvalue weighted by Gasteiger charge is -1.97. The van der Waals surface area contributed by atoms with E-state index in [0.29, 0.717) is 11.5 Å². The number of nitrogens with one attached hydrogen (secondary N) is 1. The molecule has 3 aromatic rings. The molecule has 4 N–H and O–H groups in total. The molecule has 0 unspecified atom stereocenters. The summed E-state index contributed by atoms with van der Waals surface area (Å²) in [5.41, 5.74) is 9.15. The van der Waals surface area contributed by atoms with Crippen LogP contribution in [0.1, 0.15) is 10.4 Å². The number of hydrogen-bond acceptors (Lipinski definition) is 3. The molecule has 1 aromatic heterocycles. The number of aromatic amines is 1. The van der Waals surface area contributed by atoms with Crippen LogP contribution >= 0.6 is 0 Å². The van der Waals surface area contributed by atoms with Gasteiger partial charge >= 0.3 is 5.97 Å². The number of nitrogens with zero attached hydrogens (tertiary/aromatic N) is 1. The number of fused-ring (bicyclic) bond motifs is 1. The molecule has 19 heavy (non-hydrogen) atoms. The summed E-state index contributed by atoms with van der Waals surface area (Å²) in [7, 11) is 0. The van der Waals surface area contributed by atoms with E-state index in [4.69, 9.17) is 10.8 Å². The number of nitrogens with two attached hydrogens (primary N) is 1. The summed E-state index contributed by atoms with van der Waals surface area (Å²) in [5.74, 6) is -0.249. The maximum atomic E-state index is 10.8. The molecule has 5 nitrogen and oxygen atoms in total. The largest absolute Gasteiger partial charge is 0.478 e. The van der Waals surface area contributed by atoms with Crippen molar-refractivity contribution in [2.24, 2.45) is 0 Å². The number of H-pyrrole nitrogens is 1. The van der Waals surface area contributed by atoms with Crippen molar-refractivity contribution in [3.8, 4) is 11.4 Å². The van der Waals surface area contributed by atoms with Crippen molar-refractivity contribution in [2.45, 2.75) is 0 Å². The molecule has 0 aliphatic rings. The summed E-state index contributed by atoms with van der Waals surface area (Å²) in [6.07, 6.45) is 0. The van der Waals surface area contributed by atoms with Crippen molar-refractivity contribution in [2.75, 3.05) is 5.73 Å². The lowest BCUT2D eigenvalue weighted by Crippen LogP contribution is -1.95. The fourth-order valence-corrected chi connectivity index (χ4v) is 1.93. The van der Waals surface area contributed by atoms with Gasteiger partial charge < -0.3 is 15.8 Å². The maximum absolute atomic E-state index is 10.8. The number of nitrogen functional groups attached to an aromatic ring is 1. The normalized spacial score (nSPS) is 10.7. The van der Waals surface area contributed by atoms with E-state index in [1.807, 2.05) is 12.1 Å². The highest BCUT2D eigenvalue weighted by atomic mass is 16.4. The van der Waals surface area contributed by atoms with Crippen LogP contribution in [0.25, 0.3) is 22.4 Å². The second-order valence-corrected chi connectivity index (χ2v) is 4.24. The van der Waals surface area contributed by atoms with Crippen LogP contribution in [0.15, 0.2) is 42.5 Å². The number of rotatable bonds is 2. The minimum Gasteiger partial charge on any atom is -0.478 e. The zero-order valence-electron chi connectivity index (χ0n) is 9.92. The molecule has 0 fully saturated rings. The van der Waals surface area contributed by atoms with Crippen molar-refractivity contribution >= 4 is 22.7 Å². The Morgan fingerprint density at radius 2 is 1.89 bits per heavy atom. The molecule has 0 aliphatic carbocycles. The third kappa shape index (κ3) is 2.01. The average Bonchev–Trinajstić information content (AvgIpc) is 2.81. The van der Waals surface area contributed by atoms with Gasteiger partial charge in [-0.25, -0.2) is 9.78 Å². The summed E-state index contributed by atoms with van der Waals surface area (Å²) < 4.78 is 0.